The molecular formula is C22H30N2O5. The molecule has 2 aliphatic heterocycles. The van der Waals surface area contributed by atoms with E-state index < -0.39 is 6.10 Å². The zero-order chi connectivity index (χ0) is 21.1. The van der Waals surface area contributed by atoms with Gasteiger partial charge in [0.05, 0.1) is 18.2 Å². The second-order valence-corrected chi connectivity index (χ2v) is 8.09. The molecule has 7 heteroatoms. The molecule has 2 amide bonds. The molecule has 2 aliphatic rings. The van der Waals surface area contributed by atoms with E-state index in [1.165, 1.54) is 0 Å². The van der Waals surface area contributed by atoms with E-state index >= 15 is 0 Å². The number of anilines is 1. The minimum absolute atomic E-state index is 0.00474. The van der Waals surface area contributed by atoms with Gasteiger partial charge >= 0.3 is 5.97 Å². The van der Waals surface area contributed by atoms with Crippen molar-refractivity contribution in [3.63, 3.8) is 0 Å². The Kier molecular flexibility index (Phi) is 6.45. The Hall–Kier alpha value is -2.57. The summed E-state index contributed by atoms with van der Waals surface area (Å²) < 4.78 is 11.0. The molecule has 7 nitrogen and oxygen atoms in total. The van der Waals surface area contributed by atoms with Gasteiger partial charge in [-0.25, -0.2) is 0 Å². The molecule has 0 spiro atoms. The maximum absolute atomic E-state index is 13.0. The minimum Gasteiger partial charge on any atom is -0.478 e. The fourth-order valence-corrected chi connectivity index (χ4v) is 3.84. The number of fused-ring (bicyclic) bond motifs is 1. The first-order valence-corrected chi connectivity index (χ1v) is 10.3. The highest BCUT2D eigenvalue weighted by Gasteiger charge is 2.38. The highest BCUT2D eigenvalue weighted by molar-refractivity contribution is 6.04. The molecule has 1 atom stereocenters. The number of nitrogens with zero attached hydrogens (tertiary/aromatic N) is 2. The first-order chi connectivity index (χ1) is 13.8. The average Bonchev–Trinajstić information content (AvgIpc) is 2.70. The molecule has 1 aromatic carbocycles. The lowest BCUT2D eigenvalue weighted by Gasteiger charge is -2.37. The number of hydrogen-bond acceptors (Lipinski definition) is 5. The monoisotopic (exact) mass is 402 g/mol. The van der Waals surface area contributed by atoms with Crippen molar-refractivity contribution >= 4 is 23.5 Å². The Morgan fingerprint density at radius 1 is 1.24 bits per heavy atom. The van der Waals surface area contributed by atoms with Crippen LogP contribution in [-0.4, -0.2) is 55.0 Å². The van der Waals surface area contributed by atoms with Gasteiger partial charge in [-0.2, -0.15) is 0 Å². The van der Waals surface area contributed by atoms with Crippen molar-refractivity contribution in [2.75, 3.05) is 31.1 Å². The van der Waals surface area contributed by atoms with Crippen molar-refractivity contribution in [2.24, 2.45) is 11.8 Å². The Balaban J connectivity index is 1.71. The normalized spacial score (nSPS) is 19.8. The van der Waals surface area contributed by atoms with Crippen molar-refractivity contribution in [3.05, 3.63) is 23.8 Å². The number of ether oxygens (including phenoxy) is 2. The number of carbonyl (C=O) groups is 3. The van der Waals surface area contributed by atoms with Crippen LogP contribution in [0, 0.1) is 18.8 Å². The summed E-state index contributed by atoms with van der Waals surface area (Å²) in [6.45, 7) is 8.94. The van der Waals surface area contributed by atoms with Crippen LogP contribution >= 0.6 is 0 Å². The number of likely N-dealkylation sites (tertiary alicyclic amines) is 1. The molecule has 3 rings (SSSR count). The lowest BCUT2D eigenvalue weighted by Crippen LogP contribution is -2.53. The predicted molar refractivity (Wildman–Crippen MR) is 109 cm³/mol. The van der Waals surface area contributed by atoms with Crippen molar-refractivity contribution in [3.8, 4) is 5.75 Å². The van der Waals surface area contributed by atoms with Crippen molar-refractivity contribution in [1.29, 1.82) is 0 Å². The largest absolute Gasteiger partial charge is 0.478 e. The third kappa shape index (κ3) is 4.54. The Labute approximate surface area is 171 Å². The topological polar surface area (TPSA) is 76.2 Å². The molecule has 29 heavy (non-hydrogen) atoms. The zero-order valence-electron chi connectivity index (χ0n) is 17.6. The van der Waals surface area contributed by atoms with Crippen LogP contribution in [0.3, 0.4) is 0 Å². The highest BCUT2D eigenvalue weighted by atomic mass is 16.5. The molecule has 1 aromatic rings. The zero-order valence-corrected chi connectivity index (χ0v) is 17.6. The number of benzene rings is 1. The standard InChI is InChI=1S/C22H30N2O5/c1-5-28-22(27)16-8-10-23(11-9-16)19(25)13-24-17-12-15(4)6-7-18(17)29-20(14(2)3)21(24)26/h6-7,12,14,16,20H,5,8-11,13H2,1-4H3/t20-/m1/s1. The van der Waals surface area contributed by atoms with Crippen LogP contribution < -0.4 is 9.64 Å². The molecule has 158 valence electrons. The van der Waals surface area contributed by atoms with E-state index in [4.69, 9.17) is 9.47 Å². The lowest BCUT2D eigenvalue weighted by atomic mass is 9.97. The summed E-state index contributed by atoms with van der Waals surface area (Å²) in [5, 5.41) is 0. The first-order valence-electron chi connectivity index (χ1n) is 10.3. The fraction of sp³-hybridized carbons (Fsp3) is 0.591. The van der Waals surface area contributed by atoms with Gasteiger partial charge in [0, 0.05) is 13.1 Å². The highest BCUT2D eigenvalue weighted by Crippen LogP contribution is 2.36. The first kappa shape index (κ1) is 21.1. The van der Waals surface area contributed by atoms with Gasteiger partial charge in [0.25, 0.3) is 5.91 Å². The van der Waals surface area contributed by atoms with Crippen molar-refractivity contribution in [2.45, 2.75) is 46.6 Å². The molecule has 0 radical (unpaired) electrons. The van der Waals surface area contributed by atoms with Gasteiger partial charge in [0.2, 0.25) is 5.91 Å². The number of hydrogen-bond donors (Lipinski definition) is 0. The van der Waals surface area contributed by atoms with Gasteiger partial charge in [-0.15, -0.1) is 0 Å². The third-order valence-corrected chi connectivity index (χ3v) is 5.54. The van der Waals surface area contributed by atoms with E-state index in [1.807, 2.05) is 39.0 Å². The van der Waals surface area contributed by atoms with Gasteiger partial charge in [0.1, 0.15) is 12.3 Å². The lowest BCUT2D eigenvalue weighted by molar-refractivity contribution is -0.151. The summed E-state index contributed by atoms with van der Waals surface area (Å²) in [7, 11) is 0. The van der Waals surface area contributed by atoms with E-state index in [2.05, 4.69) is 0 Å². The number of amides is 2. The minimum atomic E-state index is -0.604. The number of rotatable bonds is 5. The van der Waals surface area contributed by atoms with Crippen LogP contribution in [0.1, 0.15) is 39.2 Å². The smallest absolute Gasteiger partial charge is 0.309 e. The molecule has 2 heterocycles. The van der Waals surface area contributed by atoms with Crippen LogP contribution in [0.4, 0.5) is 5.69 Å². The summed E-state index contributed by atoms with van der Waals surface area (Å²) in [4.78, 5) is 41.2. The number of piperidine rings is 1. The van der Waals surface area contributed by atoms with Crippen LogP contribution in [0.5, 0.6) is 5.75 Å². The summed E-state index contributed by atoms with van der Waals surface area (Å²) in [6, 6.07) is 5.67. The third-order valence-electron chi connectivity index (χ3n) is 5.54. The second kappa shape index (κ2) is 8.84. The molecular weight excluding hydrogens is 372 g/mol. The molecule has 0 unspecified atom stereocenters. The number of esters is 1. The maximum atomic E-state index is 13.0. The second-order valence-electron chi connectivity index (χ2n) is 8.09. The van der Waals surface area contributed by atoms with Gasteiger partial charge < -0.3 is 14.4 Å². The van der Waals surface area contributed by atoms with Crippen LogP contribution in [0.25, 0.3) is 0 Å². The van der Waals surface area contributed by atoms with Crippen LogP contribution in [0.2, 0.25) is 0 Å². The van der Waals surface area contributed by atoms with Crippen LogP contribution in [-0.2, 0) is 19.1 Å². The predicted octanol–water partition coefficient (Wildman–Crippen LogP) is 2.55. The van der Waals surface area contributed by atoms with E-state index in [0.29, 0.717) is 44.0 Å². The molecule has 0 saturated carbocycles. The van der Waals surface area contributed by atoms with Gasteiger partial charge in [-0.1, -0.05) is 19.9 Å². The Bertz CT molecular complexity index is 783. The average molecular weight is 402 g/mol. The fourth-order valence-electron chi connectivity index (χ4n) is 3.84. The van der Waals surface area contributed by atoms with E-state index in [0.717, 1.165) is 5.56 Å². The number of aryl methyl sites for hydroxylation is 1. The molecule has 1 fully saturated rings. The number of carbonyl (C=O) groups excluding carboxylic acids is 3. The Morgan fingerprint density at radius 3 is 2.55 bits per heavy atom. The van der Waals surface area contributed by atoms with Gasteiger partial charge in [-0.3, -0.25) is 19.3 Å². The molecule has 0 N–H and O–H groups in total. The summed E-state index contributed by atoms with van der Waals surface area (Å²) >= 11 is 0. The van der Waals surface area contributed by atoms with Gasteiger partial charge in [0.15, 0.2) is 6.10 Å². The van der Waals surface area contributed by atoms with E-state index in [-0.39, 0.29) is 36.2 Å². The van der Waals surface area contributed by atoms with Gasteiger partial charge in [-0.05, 0) is 50.3 Å². The van der Waals surface area contributed by atoms with E-state index in [1.54, 1.807) is 16.7 Å². The SMILES string of the molecule is CCOC(=O)C1CCN(C(=O)CN2C(=O)[C@@H](C(C)C)Oc3ccc(C)cc32)CC1. The molecule has 0 bridgehead atoms. The quantitative estimate of drug-likeness (QED) is 0.708. The molecule has 0 aliphatic carbocycles. The summed E-state index contributed by atoms with van der Waals surface area (Å²) in [5.41, 5.74) is 1.64. The Morgan fingerprint density at radius 2 is 1.93 bits per heavy atom. The van der Waals surface area contributed by atoms with Crippen molar-refractivity contribution < 1.29 is 23.9 Å². The summed E-state index contributed by atoms with van der Waals surface area (Å²) in [5.74, 6) is -0.0205. The maximum Gasteiger partial charge on any atom is 0.309 e. The molecule has 1 saturated heterocycles. The molecule has 0 aromatic heterocycles. The van der Waals surface area contributed by atoms with E-state index in [9.17, 15) is 14.4 Å². The van der Waals surface area contributed by atoms with Crippen LogP contribution in [0.15, 0.2) is 18.2 Å². The van der Waals surface area contributed by atoms with Crippen molar-refractivity contribution in [1.82, 2.24) is 4.90 Å². The summed E-state index contributed by atoms with van der Waals surface area (Å²) in [6.07, 6.45) is 0.574.